The summed E-state index contributed by atoms with van der Waals surface area (Å²) < 4.78 is 10.6. The summed E-state index contributed by atoms with van der Waals surface area (Å²) in [7, 11) is 1.41. The minimum absolute atomic E-state index is 0.0497. The molecule has 1 amide bonds. The van der Waals surface area contributed by atoms with Gasteiger partial charge in [-0.3, -0.25) is 4.79 Å². The number of ether oxygens (including phenoxy) is 2. The molecule has 2 aromatic rings. The fourth-order valence-electron chi connectivity index (χ4n) is 3.03. The van der Waals surface area contributed by atoms with Crippen LogP contribution in [0.2, 0.25) is 0 Å². The van der Waals surface area contributed by atoms with Crippen LogP contribution in [0.5, 0.6) is 5.75 Å². The van der Waals surface area contributed by atoms with Gasteiger partial charge in [0, 0.05) is 13.0 Å². The molecule has 0 bridgehead atoms. The van der Waals surface area contributed by atoms with Crippen LogP contribution in [-0.2, 0) is 20.9 Å². The standard InChI is InChI=1S/C21H23NO5/c1-26-13-19(21(24)25)22-20(23)18-11-17(18)15-7-9-16(10-8-15)27-12-14-5-3-2-4-6-14/h2-10,17-19H,11-13H2,1H3,(H,22,23)(H,24,25). The maximum atomic E-state index is 12.3. The smallest absolute Gasteiger partial charge is 0.328 e. The van der Waals surface area contributed by atoms with Gasteiger partial charge >= 0.3 is 5.97 Å². The molecule has 2 aromatic carbocycles. The molecule has 0 aliphatic heterocycles. The Morgan fingerprint density at radius 3 is 2.48 bits per heavy atom. The van der Waals surface area contributed by atoms with E-state index in [0.29, 0.717) is 6.61 Å². The molecule has 3 rings (SSSR count). The van der Waals surface area contributed by atoms with Crippen molar-refractivity contribution in [3.8, 4) is 5.75 Å². The first kappa shape index (κ1) is 18.9. The Balaban J connectivity index is 1.51. The molecular formula is C21H23NO5. The predicted molar refractivity (Wildman–Crippen MR) is 99.5 cm³/mol. The van der Waals surface area contributed by atoms with E-state index in [1.165, 1.54) is 7.11 Å². The van der Waals surface area contributed by atoms with E-state index in [4.69, 9.17) is 14.6 Å². The molecule has 0 saturated heterocycles. The number of amides is 1. The third-order valence-electron chi connectivity index (χ3n) is 4.63. The molecule has 0 aromatic heterocycles. The first-order chi connectivity index (χ1) is 13.1. The van der Waals surface area contributed by atoms with Crippen LogP contribution in [0, 0.1) is 5.92 Å². The monoisotopic (exact) mass is 369 g/mol. The van der Waals surface area contributed by atoms with Gasteiger partial charge in [-0.25, -0.2) is 4.79 Å². The molecular weight excluding hydrogens is 346 g/mol. The van der Waals surface area contributed by atoms with Gasteiger partial charge in [-0.1, -0.05) is 42.5 Å². The molecule has 3 unspecified atom stereocenters. The molecule has 1 aliphatic rings. The zero-order chi connectivity index (χ0) is 19.2. The maximum absolute atomic E-state index is 12.3. The van der Waals surface area contributed by atoms with Crippen LogP contribution in [0.3, 0.4) is 0 Å². The maximum Gasteiger partial charge on any atom is 0.328 e. The van der Waals surface area contributed by atoms with Crippen molar-refractivity contribution in [3.05, 3.63) is 65.7 Å². The minimum atomic E-state index is -1.10. The minimum Gasteiger partial charge on any atom is -0.489 e. The number of methoxy groups -OCH3 is 1. The van der Waals surface area contributed by atoms with Gasteiger partial charge in [0.05, 0.1) is 6.61 Å². The summed E-state index contributed by atoms with van der Waals surface area (Å²) in [5.74, 6) is -0.642. The number of carboxylic acid groups (broad SMARTS) is 1. The van der Waals surface area contributed by atoms with E-state index in [-0.39, 0.29) is 24.3 Å². The van der Waals surface area contributed by atoms with Crippen LogP contribution < -0.4 is 10.1 Å². The van der Waals surface area contributed by atoms with Gasteiger partial charge < -0.3 is 19.9 Å². The lowest BCUT2D eigenvalue weighted by Gasteiger charge is -2.13. The summed E-state index contributed by atoms with van der Waals surface area (Å²) in [4.78, 5) is 23.4. The highest BCUT2D eigenvalue weighted by atomic mass is 16.5. The van der Waals surface area contributed by atoms with Gasteiger partial charge in [0.1, 0.15) is 12.4 Å². The van der Waals surface area contributed by atoms with E-state index in [1.54, 1.807) is 0 Å². The van der Waals surface area contributed by atoms with E-state index in [2.05, 4.69) is 5.32 Å². The fourth-order valence-corrected chi connectivity index (χ4v) is 3.03. The molecule has 6 heteroatoms. The van der Waals surface area contributed by atoms with Gasteiger partial charge in [0.25, 0.3) is 0 Å². The van der Waals surface area contributed by atoms with Crippen molar-refractivity contribution < 1.29 is 24.2 Å². The Morgan fingerprint density at radius 2 is 1.85 bits per heavy atom. The number of aliphatic carboxylic acids is 1. The summed E-state index contributed by atoms with van der Waals surface area (Å²) in [6, 6.07) is 16.6. The fraction of sp³-hybridized carbons (Fsp3) is 0.333. The molecule has 6 nitrogen and oxygen atoms in total. The second kappa shape index (κ2) is 8.68. The number of nitrogens with one attached hydrogen (secondary N) is 1. The zero-order valence-corrected chi connectivity index (χ0v) is 15.1. The van der Waals surface area contributed by atoms with Crippen LogP contribution >= 0.6 is 0 Å². The van der Waals surface area contributed by atoms with Crippen molar-refractivity contribution in [2.24, 2.45) is 5.92 Å². The Bertz CT molecular complexity index is 775. The summed E-state index contributed by atoms with van der Waals surface area (Å²) in [5.41, 5.74) is 2.16. The molecule has 1 fully saturated rings. The van der Waals surface area contributed by atoms with E-state index in [0.717, 1.165) is 23.3 Å². The van der Waals surface area contributed by atoms with E-state index in [1.807, 2.05) is 54.6 Å². The van der Waals surface area contributed by atoms with Crippen molar-refractivity contribution in [1.82, 2.24) is 5.32 Å². The van der Waals surface area contributed by atoms with Crippen molar-refractivity contribution in [3.63, 3.8) is 0 Å². The predicted octanol–water partition coefficient (Wildman–Crippen LogP) is 2.58. The van der Waals surface area contributed by atoms with Gasteiger partial charge in [0.2, 0.25) is 5.91 Å². The van der Waals surface area contributed by atoms with Gasteiger partial charge in [-0.05, 0) is 35.6 Å². The summed E-state index contributed by atoms with van der Waals surface area (Å²) >= 11 is 0. The van der Waals surface area contributed by atoms with Crippen LogP contribution in [-0.4, -0.2) is 36.7 Å². The molecule has 1 saturated carbocycles. The topological polar surface area (TPSA) is 84.9 Å². The molecule has 142 valence electrons. The third kappa shape index (κ3) is 5.08. The highest BCUT2D eigenvalue weighted by Crippen LogP contribution is 2.47. The Kier molecular flexibility index (Phi) is 6.08. The number of carbonyl (C=O) groups excluding carboxylic acids is 1. The van der Waals surface area contributed by atoms with Gasteiger partial charge in [-0.15, -0.1) is 0 Å². The number of hydrogen-bond acceptors (Lipinski definition) is 4. The Labute approximate surface area is 158 Å². The highest BCUT2D eigenvalue weighted by Gasteiger charge is 2.44. The normalized spacial score (nSPS) is 19.1. The molecule has 0 radical (unpaired) electrons. The number of rotatable bonds is 9. The Morgan fingerprint density at radius 1 is 1.15 bits per heavy atom. The quantitative estimate of drug-likeness (QED) is 0.710. The SMILES string of the molecule is COCC(NC(=O)C1CC1c1ccc(OCc2ccccc2)cc1)C(=O)O. The summed E-state index contributed by atoms with van der Waals surface area (Å²) in [6.45, 7) is 0.455. The van der Waals surface area contributed by atoms with Crippen LogP contribution in [0.25, 0.3) is 0 Å². The molecule has 2 N–H and O–H groups in total. The lowest BCUT2D eigenvalue weighted by Crippen LogP contribution is -2.44. The molecule has 0 spiro atoms. The van der Waals surface area contributed by atoms with Crippen molar-refractivity contribution in [2.75, 3.05) is 13.7 Å². The number of benzene rings is 2. The molecule has 27 heavy (non-hydrogen) atoms. The number of carbonyl (C=O) groups is 2. The first-order valence-electron chi connectivity index (χ1n) is 8.87. The van der Waals surface area contributed by atoms with Crippen LogP contribution in [0.1, 0.15) is 23.5 Å². The average Bonchev–Trinajstić information content (AvgIpc) is 3.48. The van der Waals surface area contributed by atoms with E-state index < -0.39 is 12.0 Å². The second-order valence-corrected chi connectivity index (χ2v) is 6.65. The summed E-state index contributed by atoms with van der Waals surface area (Å²) in [5, 5.41) is 11.6. The van der Waals surface area contributed by atoms with Crippen molar-refractivity contribution in [2.45, 2.75) is 25.0 Å². The van der Waals surface area contributed by atoms with Gasteiger partial charge in [-0.2, -0.15) is 0 Å². The third-order valence-corrected chi connectivity index (χ3v) is 4.63. The average molecular weight is 369 g/mol. The van der Waals surface area contributed by atoms with E-state index in [9.17, 15) is 9.59 Å². The van der Waals surface area contributed by atoms with Crippen LogP contribution in [0.4, 0.5) is 0 Å². The molecule has 1 aliphatic carbocycles. The summed E-state index contributed by atoms with van der Waals surface area (Å²) in [6.07, 6.45) is 0.718. The molecule has 0 heterocycles. The van der Waals surface area contributed by atoms with Crippen molar-refractivity contribution in [1.29, 1.82) is 0 Å². The van der Waals surface area contributed by atoms with Crippen molar-refractivity contribution >= 4 is 11.9 Å². The number of hydrogen-bond donors (Lipinski definition) is 2. The highest BCUT2D eigenvalue weighted by molar-refractivity contribution is 5.87. The Hall–Kier alpha value is -2.86. The lowest BCUT2D eigenvalue weighted by atomic mass is 10.1. The van der Waals surface area contributed by atoms with E-state index >= 15 is 0 Å². The lowest BCUT2D eigenvalue weighted by molar-refractivity contribution is -0.143. The first-order valence-corrected chi connectivity index (χ1v) is 8.87. The second-order valence-electron chi connectivity index (χ2n) is 6.65. The number of carboxylic acids is 1. The zero-order valence-electron chi connectivity index (χ0n) is 15.1. The van der Waals surface area contributed by atoms with Gasteiger partial charge in [0.15, 0.2) is 6.04 Å². The molecule has 3 atom stereocenters. The largest absolute Gasteiger partial charge is 0.489 e. The van der Waals surface area contributed by atoms with Crippen LogP contribution in [0.15, 0.2) is 54.6 Å².